The van der Waals surface area contributed by atoms with Gasteiger partial charge in [-0.05, 0) is 26.0 Å². The molecule has 0 saturated heterocycles. The van der Waals surface area contributed by atoms with Crippen molar-refractivity contribution in [2.75, 3.05) is 12.4 Å². The molecule has 3 aromatic rings. The molecule has 0 fully saturated rings. The van der Waals surface area contributed by atoms with Crippen molar-refractivity contribution in [1.29, 1.82) is 0 Å². The lowest BCUT2D eigenvalue weighted by Crippen LogP contribution is -2.08. The fourth-order valence-electron chi connectivity index (χ4n) is 2.12. The molecule has 23 heavy (non-hydrogen) atoms. The van der Waals surface area contributed by atoms with Crippen LogP contribution >= 0.6 is 22.9 Å². The van der Waals surface area contributed by atoms with E-state index in [0.717, 1.165) is 0 Å². The maximum atomic E-state index is 10.3. The first-order valence-corrected chi connectivity index (χ1v) is 8.15. The first kappa shape index (κ1) is 15.8. The number of aromatic hydroxyl groups is 1. The number of benzene rings is 1. The van der Waals surface area contributed by atoms with Gasteiger partial charge in [0, 0.05) is 17.5 Å². The summed E-state index contributed by atoms with van der Waals surface area (Å²) in [6.07, 6.45) is 0. The predicted molar refractivity (Wildman–Crippen MR) is 92.6 cm³/mol. The highest BCUT2D eigenvalue weighted by atomic mass is 35.5. The van der Waals surface area contributed by atoms with Gasteiger partial charge < -0.3 is 15.2 Å². The van der Waals surface area contributed by atoms with Gasteiger partial charge in [-0.25, -0.2) is 4.98 Å². The Labute approximate surface area is 142 Å². The van der Waals surface area contributed by atoms with Crippen molar-refractivity contribution in [3.05, 3.63) is 23.2 Å². The molecule has 3 rings (SSSR count). The molecule has 0 unspecified atom stereocenters. The average molecular weight is 351 g/mol. The van der Waals surface area contributed by atoms with Crippen LogP contribution in [0, 0.1) is 0 Å². The maximum absolute atomic E-state index is 10.3. The molecule has 0 aliphatic carbocycles. The van der Waals surface area contributed by atoms with Crippen LogP contribution in [-0.4, -0.2) is 33.4 Å². The number of methoxy groups -OCH3 is 1. The van der Waals surface area contributed by atoms with E-state index in [-0.39, 0.29) is 11.8 Å². The van der Waals surface area contributed by atoms with E-state index in [2.05, 4.69) is 20.5 Å². The molecule has 6 nitrogen and oxygen atoms in total. The predicted octanol–water partition coefficient (Wildman–Crippen LogP) is 3.94. The van der Waals surface area contributed by atoms with E-state index in [4.69, 9.17) is 16.3 Å². The second-order valence-electron chi connectivity index (χ2n) is 5.22. The number of fused-ring (bicyclic) bond motifs is 1. The second kappa shape index (κ2) is 6.17. The largest absolute Gasteiger partial charge is 0.507 e. The molecule has 0 atom stereocenters. The summed E-state index contributed by atoms with van der Waals surface area (Å²) in [6.45, 7) is 4.04. The Morgan fingerprint density at radius 1 is 1.30 bits per heavy atom. The smallest absolute Gasteiger partial charge is 0.206 e. The molecule has 2 aromatic heterocycles. The summed E-state index contributed by atoms with van der Waals surface area (Å²) in [7, 11) is 1.53. The molecule has 8 heteroatoms. The van der Waals surface area contributed by atoms with E-state index >= 15 is 0 Å². The fraction of sp³-hybridized carbons (Fsp3) is 0.267. The molecular formula is C15H15ClN4O2S. The molecule has 0 spiro atoms. The SMILES string of the molecule is COc1ccc2c(O)cc(-c3nnc(NC(C)C)s3)nc2c1Cl. The van der Waals surface area contributed by atoms with Crippen LogP contribution in [0.2, 0.25) is 5.02 Å². The Morgan fingerprint density at radius 2 is 2.09 bits per heavy atom. The minimum atomic E-state index is 0.0862. The molecule has 120 valence electrons. The van der Waals surface area contributed by atoms with Gasteiger partial charge in [-0.3, -0.25) is 0 Å². The molecule has 0 amide bonds. The Morgan fingerprint density at radius 3 is 2.78 bits per heavy atom. The van der Waals surface area contributed by atoms with Gasteiger partial charge >= 0.3 is 0 Å². The molecular weight excluding hydrogens is 336 g/mol. The van der Waals surface area contributed by atoms with Crippen molar-refractivity contribution < 1.29 is 9.84 Å². The third kappa shape index (κ3) is 3.02. The molecule has 0 aliphatic rings. The van der Waals surface area contributed by atoms with Gasteiger partial charge in [0.25, 0.3) is 0 Å². The van der Waals surface area contributed by atoms with Crippen molar-refractivity contribution in [2.24, 2.45) is 0 Å². The van der Waals surface area contributed by atoms with Gasteiger partial charge in [0.15, 0.2) is 5.01 Å². The van der Waals surface area contributed by atoms with Crippen LogP contribution in [0.1, 0.15) is 13.8 Å². The summed E-state index contributed by atoms with van der Waals surface area (Å²) in [5.74, 6) is 0.589. The molecule has 0 aliphatic heterocycles. The number of hydrogen-bond donors (Lipinski definition) is 2. The lowest BCUT2D eigenvalue weighted by Gasteiger charge is -2.08. The molecule has 1 aromatic carbocycles. The normalized spacial score (nSPS) is 11.2. The molecule has 2 heterocycles. The summed E-state index contributed by atoms with van der Waals surface area (Å²) in [5.41, 5.74) is 0.981. The highest BCUT2D eigenvalue weighted by molar-refractivity contribution is 7.18. The number of rotatable bonds is 4. The summed E-state index contributed by atoms with van der Waals surface area (Å²) in [4.78, 5) is 4.52. The topological polar surface area (TPSA) is 80.2 Å². The highest BCUT2D eigenvalue weighted by Gasteiger charge is 2.15. The van der Waals surface area contributed by atoms with E-state index in [1.807, 2.05) is 13.8 Å². The van der Waals surface area contributed by atoms with E-state index in [9.17, 15) is 5.11 Å². The van der Waals surface area contributed by atoms with Gasteiger partial charge in [-0.1, -0.05) is 22.9 Å². The van der Waals surface area contributed by atoms with Gasteiger partial charge in [0.05, 0.1) is 12.6 Å². The number of ether oxygens (including phenoxy) is 1. The van der Waals surface area contributed by atoms with E-state index < -0.39 is 0 Å². The van der Waals surface area contributed by atoms with Crippen LogP contribution in [0.15, 0.2) is 18.2 Å². The van der Waals surface area contributed by atoms with Crippen LogP contribution in [-0.2, 0) is 0 Å². The van der Waals surface area contributed by atoms with Crippen molar-refractivity contribution in [3.8, 4) is 22.2 Å². The van der Waals surface area contributed by atoms with Crippen LogP contribution in [0.4, 0.5) is 5.13 Å². The van der Waals surface area contributed by atoms with Crippen molar-refractivity contribution >= 4 is 39.0 Å². The first-order valence-electron chi connectivity index (χ1n) is 6.96. The minimum absolute atomic E-state index is 0.0862. The summed E-state index contributed by atoms with van der Waals surface area (Å²) >= 11 is 7.67. The van der Waals surface area contributed by atoms with Crippen LogP contribution in [0.3, 0.4) is 0 Å². The monoisotopic (exact) mass is 350 g/mol. The van der Waals surface area contributed by atoms with Crippen LogP contribution in [0.25, 0.3) is 21.6 Å². The number of hydrogen-bond acceptors (Lipinski definition) is 7. The van der Waals surface area contributed by atoms with Gasteiger partial charge in [0.1, 0.15) is 22.2 Å². The summed E-state index contributed by atoms with van der Waals surface area (Å²) < 4.78 is 5.20. The van der Waals surface area contributed by atoms with Gasteiger partial charge in [0.2, 0.25) is 5.13 Å². The number of halogens is 1. The number of aromatic nitrogens is 3. The zero-order valence-corrected chi connectivity index (χ0v) is 14.4. The van der Waals surface area contributed by atoms with Crippen LogP contribution in [0.5, 0.6) is 11.5 Å². The Kier molecular flexibility index (Phi) is 4.23. The maximum Gasteiger partial charge on any atom is 0.206 e. The third-order valence-electron chi connectivity index (χ3n) is 3.14. The standard InChI is InChI=1S/C15H15ClN4O2S/c1-7(2)17-15-20-19-14(23-15)9-6-10(21)8-4-5-11(22-3)12(16)13(8)18-9/h4-7H,1-3H3,(H,17,20)(H,18,21). The number of anilines is 1. The van der Waals surface area contributed by atoms with E-state index in [1.54, 1.807) is 18.2 Å². The highest BCUT2D eigenvalue weighted by Crippen LogP contribution is 2.38. The molecule has 0 bridgehead atoms. The number of nitrogens with one attached hydrogen (secondary N) is 1. The summed E-state index contributed by atoms with van der Waals surface area (Å²) in [6, 6.07) is 5.23. The Hall–Kier alpha value is -2.12. The van der Waals surface area contributed by atoms with E-state index in [1.165, 1.54) is 18.4 Å². The summed E-state index contributed by atoms with van der Waals surface area (Å²) in [5, 5.41) is 23.9. The Balaban J connectivity index is 2.11. The lowest BCUT2D eigenvalue weighted by atomic mass is 10.1. The first-order chi connectivity index (χ1) is 11.0. The second-order valence-corrected chi connectivity index (χ2v) is 6.57. The average Bonchev–Trinajstić information content (AvgIpc) is 2.96. The Bertz CT molecular complexity index is 866. The van der Waals surface area contributed by atoms with E-state index in [0.29, 0.717) is 37.5 Å². The fourth-order valence-corrected chi connectivity index (χ4v) is 3.26. The van der Waals surface area contributed by atoms with Crippen molar-refractivity contribution in [2.45, 2.75) is 19.9 Å². The van der Waals surface area contributed by atoms with Crippen LogP contribution < -0.4 is 10.1 Å². The lowest BCUT2D eigenvalue weighted by molar-refractivity contribution is 0.415. The zero-order valence-electron chi connectivity index (χ0n) is 12.8. The molecule has 2 N–H and O–H groups in total. The zero-order chi connectivity index (χ0) is 16.6. The third-order valence-corrected chi connectivity index (χ3v) is 4.38. The molecule has 0 saturated carbocycles. The van der Waals surface area contributed by atoms with Crippen molar-refractivity contribution in [3.63, 3.8) is 0 Å². The number of pyridine rings is 1. The number of nitrogens with zero attached hydrogens (tertiary/aromatic N) is 3. The quantitative estimate of drug-likeness (QED) is 0.741. The van der Waals surface area contributed by atoms with Gasteiger partial charge in [-0.2, -0.15) is 0 Å². The minimum Gasteiger partial charge on any atom is -0.507 e. The van der Waals surface area contributed by atoms with Gasteiger partial charge in [-0.15, -0.1) is 10.2 Å². The molecule has 0 radical (unpaired) electrons. The van der Waals surface area contributed by atoms with Crippen molar-refractivity contribution in [1.82, 2.24) is 15.2 Å².